The van der Waals surface area contributed by atoms with Crippen LogP contribution in [0.4, 0.5) is 17.2 Å². The summed E-state index contributed by atoms with van der Waals surface area (Å²) in [6, 6.07) is 19.8. The summed E-state index contributed by atoms with van der Waals surface area (Å²) in [4.78, 5) is 97.1. The van der Waals surface area contributed by atoms with Crippen LogP contribution in [0.15, 0.2) is 154 Å². The summed E-state index contributed by atoms with van der Waals surface area (Å²) in [6.07, 6.45) is 13.7. The number of anilines is 2. The molecule has 10 rings (SSSR count). The smallest absolute Gasteiger partial charge is 0.457 e. The molecule has 120 heavy (non-hydrogen) atoms. The number of nitrogen functional groups attached to an aromatic ring is 1. The lowest BCUT2D eigenvalue weighted by Gasteiger charge is -2.26. The van der Waals surface area contributed by atoms with Crippen molar-refractivity contribution in [3.05, 3.63) is 194 Å². The number of nitrogens with one attached hydrogen (secondary N) is 1. The number of likely N-dealkylation sites (N-methyl/N-ethyl adjacent to an activating group) is 1. The molecule has 37 nitrogen and oxygen atoms in total. The minimum Gasteiger partial charge on any atom is -0.457 e. The van der Waals surface area contributed by atoms with Crippen LogP contribution >= 0.6 is 23.5 Å². The number of ether oxygens (including phenoxy) is 7. The monoisotopic (exact) mass is 1770 g/mol. The Kier molecular flexibility index (Phi) is 31.7. The number of phosphoric ester groups is 1. The zero-order valence-electron chi connectivity index (χ0n) is 67.4. The molecule has 2 aromatic heterocycles. The van der Waals surface area contributed by atoms with Crippen molar-refractivity contribution in [2.24, 2.45) is 5.11 Å². The Morgan fingerprint density at radius 2 is 1.45 bits per heavy atom. The summed E-state index contributed by atoms with van der Waals surface area (Å²) >= 11 is 0. The number of fused-ring (bicyclic) bond motifs is 3. The third-order valence-electron chi connectivity index (χ3n) is 20.5. The van der Waals surface area contributed by atoms with Gasteiger partial charge in [0.15, 0.2) is 5.71 Å². The number of aromatic nitrogens is 3. The van der Waals surface area contributed by atoms with Gasteiger partial charge in [-0.25, -0.2) is 33.3 Å². The van der Waals surface area contributed by atoms with Gasteiger partial charge in [0.1, 0.15) is 49.4 Å². The predicted molar refractivity (Wildman–Crippen MR) is 436 cm³/mol. The van der Waals surface area contributed by atoms with Crippen molar-refractivity contribution in [1.82, 2.24) is 20.0 Å². The van der Waals surface area contributed by atoms with Crippen LogP contribution in [-0.4, -0.2) is 173 Å². The van der Waals surface area contributed by atoms with Crippen LogP contribution in [0.2, 0.25) is 0 Å². The number of hydrogen-bond acceptors (Lipinski definition) is 27. The van der Waals surface area contributed by atoms with Crippen molar-refractivity contribution in [2.45, 2.75) is 171 Å². The van der Waals surface area contributed by atoms with Crippen LogP contribution in [0, 0.1) is 0 Å². The fraction of sp³-hybridized carbons (Fsp3) is 0.462. The van der Waals surface area contributed by atoms with Crippen molar-refractivity contribution >= 4 is 95.5 Å². The maximum absolute atomic E-state index is 14.0. The van der Waals surface area contributed by atoms with Crippen molar-refractivity contribution in [3.8, 4) is 0 Å². The van der Waals surface area contributed by atoms with E-state index in [0.717, 1.165) is 76.2 Å². The van der Waals surface area contributed by atoms with Gasteiger partial charge < -0.3 is 72.8 Å². The lowest BCUT2D eigenvalue weighted by Crippen LogP contribution is -2.31. The number of unbranched alkanes of at least 4 members (excludes halogenated alkanes) is 2. The summed E-state index contributed by atoms with van der Waals surface area (Å²) in [6.45, 7) is 17.7. The van der Waals surface area contributed by atoms with Gasteiger partial charge in [-0.1, -0.05) is 88.3 Å². The maximum Gasteiger partial charge on any atom is 0.490 e. The van der Waals surface area contributed by atoms with Crippen LogP contribution < -0.4 is 16.1 Å². The fourth-order valence-corrected chi connectivity index (χ4v) is 18.7. The quantitative estimate of drug-likeness (QED) is 0.00168. The molecular weight excluding hydrogens is 1670 g/mol. The van der Waals surface area contributed by atoms with Gasteiger partial charge in [0.2, 0.25) is 5.69 Å². The SMILES string of the molecule is CCN1/C(=C/C=C2C=C(/C=C/C3=[N+](CCCCCC(=O)ONCCOCCOCCOCCOCc4ccc(C(=O)OCc5cn([C@H]6CC(OC(=O)c7ccccc7C(C)N=[N+]=[N-])[C@@H](COP(=O)(O)OP(=O)(O)OP(=O)(O)O)O6)c6ncnc(N)c56)c(C(C)C)c4)c4ccc(S(=O)(=O)O)cc4C3(C)C)CCC/2)C(C)(C)c2cc(S(=O)(=O)O)ccc21. The number of carbonyl (C=O) groups excluding carboxylic acids is 3. The Balaban J connectivity index is 0.624. The Hall–Kier alpha value is -8.56. The van der Waals surface area contributed by atoms with E-state index in [1.165, 1.54) is 54.1 Å². The van der Waals surface area contributed by atoms with Crippen LogP contribution in [0.25, 0.3) is 21.5 Å². The minimum atomic E-state index is -5.93. The molecule has 4 aromatic carbocycles. The van der Waals surface area contributed by atoms with E-state index in [9.17, 15) is 63.8 Å². The molecule has 1 saturated heterocycles. The van der Waals surface area contributed by atoms with Crippen molar-refractivity contribution < 1.29 is 129 Å². The van der Waals surface area contributed by atoms with E-state index in [1.807, 2.05) is 54.5 Å². The summed E-state index contributed by atoms with van der Waals surface area (Å²) in [5.74, 6) is -2.24. The van der Waals surface area contributed by atoms with Gasteiger partial charge in [0.05, 0.1) is 104 Å². The van der Waals surface area contributed by atoms with E-state index in [0.29, 0.717) is 63.3 Å². The average Bonchev–Trinajstić information content (AvgIpc) is 1.48. The highest BCUT2D eigenvalue weighted by Gasteiger charge is 2.48. The largest absolute Gasteiger partial charge is 0.490 e. The van der Waals surface area contributed by atoms with Gasteiger partial charge in [-0.3, -0.25) is 18.4 Å². The van der Waals surface area contributed by atoms with E-state index in [1.54, 1.807) is 36.4 Å². The third kappa shape index (κ3) is 24.4. The molecule has 9 N–H and O–H groups in total. The Bertz CT molecular complexity index is 5390. The normalized spacial score (nSPS) is 19.2. The summed E-state index contributed by atoms with van der Waals surface area (Å²) < 4.78 is 162. The molecule has 6 aromatic rings. The second-order valence-electron chi connectivity index (χ2n) is 29.9. The lowest BCUT2D eigenvalue weighted by molar-refractivity contribution is -0.438. The van der Waals surface area contributed by atoms with Gasteiger partial charge in [-0.05, 0) is 146 Å². The number of hydroxylamine groups is 1. The molecule has 4 unspecified atom stereocenters. The lowest BCUT2D eigenvalue weighted by atomic mass is 9.81. The fourth-order valence-electron chi connectivity index (χ4n) is 14.7. The number of allylic oxidation sites excluding steroid dienone is 8. The molecule has 650 valence electrons. The number of rotatable bonds is 43. The summed E-state index contributed by atoms with van der Waals surface area (Å²) in [7, 11) is -26.2. The first kappa shape index (κ1) is 93.7. The van der Waals surface area contributed by atoms with Gasteiger partial charge in [-0.15, -0.1) is 0 Å². The molecule has 42 heteroatoms. The summed E-state index contributed by atoms with van der Waals surface area (Å²) in [5.41, 5.74) is 26.8. The highest BCUT2D eigenvalue weighted by Crippen LogP contribution is 2.66. The van der Waals surface area contributed by atoms with Crippen molar-refractivity contribution in [3.63, 3.8) is 0 Å². The first-order chi connectivity index (χ1) is 56.7. The van der Waals surface area contributed by atoms with Crippen LogP contribution in [0.1, 0.15) is 179 Å². The standard InChI is InChI=1S/C78H99N10O27P3S2/c1-9-86-64-27-24-56(119(99,100)101)42-62(64)77(5,6)68(86)29-22-52-16-15-17-53(40-52)23-30-69-78(7,8)63-43-57(120(102,103)104)25-28-65(63)87(69)32-14-10-11-20-71(89)113-83-31-33-105-34-35-106-36-37-107-38-39-108-46-54-21-26-60(61(41-54)50(2)3)75(90)109-47-55-45-88(74-72(55)73(79)81-49-82-74)70-44-66(112-76(91)59-19-13-12-18-58(59)51(4)84-85-80)67(111-70)48-110-117(95,96)115-118(97,98)114-116(92,93)94/h12-13,18-19,21-30,40-43,45,49-51,66-67,70,83H,9-11,14-17,20,31-39,44,46-48H2,1-8H3,(H7-,79,81,82,92,93,94,95,96,97,98,99,100,101,102,103,104)/p+1/t51?,66?,67-,70-/m1/s1. The van der Waals surface area contributed by atoms with Gasteiger partial charge in [0, 0.05) is 77.0 Å². The second-order valence-corrected chi connectivity index (χ2v) is 37.2. The van der Waals surface area contributed by atoms with Crippen molar-refractivity contribution in [1.29, 1.82) is 0 Å². The number of phosphoric acid groups is 3. The van der Waals surface area contributed by atoms with Gasteiger partial charge in [0.25, 0.3) is 20.2 Å². The topological polar surface area (TPSA) is 517 Å². The number of esters is 2. The van der Waals surface area contributed by atoms with Gasteiger partial charge in [-0.2, -0.15) is 35.5 Å². The molecule has 5 heterocycles. The molecule has 0 amide bonds. The number of azide groups is 1. The molecule has 4 aliphatic rings. The Morgan fingerprint density at radius 3 is 2.13 bits per heavy atom. The Morgan fingerprint density at radius 1 is 0.775 bits per heavy atom. The summed E-state index contributed by atoms with van der Waals surface area (Å²) in [5, 5.41) is 3.91. The van der Waals surface area contributed by atoms with Crippen LogP contribution in [0.3, 0.4) is 0 Å². The molecule has 6 atom stereocenters. The maximum atomic E-state index is 14.0. The van der Waals surface area contributed by atoms with E-state index in [4.69, 9.17) is 63.6 Å². The van der Waals surface area contributed by atoms with Crippen LogP contribution in [-0.2, 0) is 114 Å². The molecule has 1 aliphatic carbocycles. The van der Waals surface area contributed by atoms with E-state index >= 15 is 0 Å². The Labute approximate surface area is 694 Å². The van der Waals surface area contributed by atoms with Gasteiger partial charge >= 0.3 is 41.4 Å². The zero-order valence-corrected chi connectivity index (χ0v) is 71.7. The van der Waals surface area contributed by atoms with Crippen LogP contribution in [0.5, 0.6) is 0 Å². The molecule has 0 spiro atoms. The highest BCUT2D eigenvalue weighted by atomic mass is 32.2. The number of nitrogens with zero attached hydrogens (tertiary/aromatic N) is 8. The minimum absolute atomic E-state index is 0.0213. The van der Waals surface area contributed by atoms with Crippen molar-refractivity contribution in [2.75, 3.05) is 83.1 Å². The first-order valence-electron chi connectivity index (χ1n) is 38.6. The number of nitrogens with two attached hydrogens (primary N) is 1. The average molecular weight is 1770 g/mol. The molecule has 0 bridgehead atoms. The first-order valence-corrected chi connectivity index (χ1v) is 46.0. The molecule has 1 fully saturated rings. The third-order valence-corrected chi connectivity index (χ3v) is 26.0. The van der Waals surface area contributed by atoms with E-state index < -0.39 is 104 Å². The number of benzene rings is 4. The number of hydrogen-bond donors (Lipinski definition) is 8. The molecule has 0 radical (unpaired) electrons. The molecule has 0 saturated carbocycles. The molecule has 3 aliphatic heterocycles. The zero-order chi connectivity index (χ0) is 87.1. The second kappa shape index (κ2) is 40.6. The van der Waals surface area contributed by atoms with E-state index in [2.05, 4.69) is 74.0 Å². The highest BCUT2D eigenvalue weighted by molar-refractivity contribution is 7.86. The van der Waals surface area contributed by atoms with E-state index in [-0.39, 0.29) is 108 Å². The predicted octanol–water partition coefficient (Wildman–Crippen LogP) is 12.8. The molecular formula is C78H100N10O27P3S2+. The number of carbonyl (C=O) groups is 3.